The summed E-state index contributed by atoms with van der Waals surface area (Å²) in [6.45, 7) is 16.2. The molecule has 0 aromatic heterocycles. The molecule has 1 N–H and O–H groups in total. The van der Waals surface area contributed by atoms with Crippen molar-refractivity contribution in [3.63, 3.8) is 0 Å². The first-order valence-corrected chi connectivity index (χ1v) is 10.5. The van der Waals surface area contributed by atoms with E-state index in [4.69, 9.17) is 4.43 Å². The van der Waals surface area contributed by atoms with E-state index in [-0.39, 0.29) is 5.04 Å². The van der Waals surface area contributed by atoms with Gasteiger partial charge in [-0.3, -0.25) is 4.79 Å². The van der Waals surface area contributed by atoms with E-state index in [0.29, 0.717) is 0 Å². The lowest BCUT2D eigenvalue weighted by atomic mass is 9.97. The number of carbonyl (C=O) groups is 1. The SMILES string of the molecule is C=Cc1ccc([C@@H](O[Si](C)(C)C(C)(C)C)[C@@H](C)C(=O)O)cc1. The third-order valence-corrected chi connectivity index (χ3v) is 9.03. The molecule has 1 aromatic rings. The lowest BCUT2D eigenvalue weighted by molar-refractivity contribution is -0.144. The summed E-state index contributed by atoms with van der Waals surface area (Å²) in [6, 6.07) is 7.76. The van der Waals surface area contributed by atoms with Crippen LogP contribution in [0, 0.1) is 5.92 Å². The average molecular weight is 321 g/mol. The minimum Gasteiger partial charge on any atom is -0.481 e. The molecule has 0 radical (unpaired) electrons. The lowest BCUT2D eigenvalue weighted by Gasteiger charge is -2.40. The highest BCUT2D eigenvalue weighted by Gasteiger charge is 2.41. The zero-order chi connectivity index (χ0) is 17.1. The second-order valence-electron chi connectivity index (χ2n) is 7.30. The fraction of sp³-hybridized carbons (Fsp3) is 0.500. The Hall–Kier alpha value is -1.39. The van der Waals surface area contributed by atoms with Gasteiger partial charge in [-0.25, -0.2) is 0 Å². The molecule has 0 fully saturated rings. The van der Waals surface area contributed by atoms with Crippen LogP contribution in [0.4, 0.5) is 0 Å². The number of hydrogen-bond donors (Lipinski definition) is 1. The van der Waals surface area contributed by atoms with E-state index >= 15 is 0 Å². The van der Waals surface area contributed by atoms with E-state index in [1.807, 2.05) is 24.3 Å². The standard InChI is InChI=1S/C18H28O3Si/c1-8-14-9-11-15(12-10-14)16(13(2)17(19)20)21-22(6,7)18(3,4)5/h8-13,16H,1H2,2-7H3,(H,19,20)/t13-,16+/m1/s1. The highest BCUT2D eigenvalue weighted by molar-refractivity contribution is 6.74. The number of rotatable bonds is 6. The topological polar surface area (TPSA) is 46.5 Å². The predicted octanol–water partition coefficient (Wildman–Crippen LogP) is 5.11. The van der Waals surface area contributed by atoms with Gasteiger partial charge in [0.15, 0.2) is 8.32 Å². The summed E-state index contributed by atoms with van der Waals surface area (Å²) in [5.74, 6) is -1.43. The van der Waals surface area contributed by atoms with Gasteiger partial charge in [-0.05, 0) is 36.2 Å². The third-order valence-electron chi connectivity index (χ3n) is 4.57. The first-order chi connectivity index (χ1) is 9.99. The van der Waals surface area contributed by atoms with Gasteiger partial charge in [-0.2, -0.15) is 0 Å². The van der Waals surface area contributed by atoms with E-state index in [0.717, 1.165) is 11.1 Å². The molecule has 4 heteroatoms. The second-order valence-corrected chi connectivity index (χ2v) is 12.1. The molecule has 0 amide bonds. The van der Waals surface area contributed by atoms with Crippen molar-refractivity contribution in [1.29, 1.82) is 0 Å². The molecule has 2 atom stereocenters. The van der Waals surface area contributed by atoms with Crippen LogP contribution in [0.1, 0.15) is 44.9 Å². The molecule has 0 spiro atoms. The summed E-state index contributed by atoms with van der Waals surface area (Å²) in [5.41, 5.74) is 1.92. The van der Waals surface area contributed by atoms with Crippen molar-refractivity contribution in [2.24, 2.45) is 5.92 Å². The molecule has 3 nitrogen and oxygen atoms in total. The van der Waals surface area contributed by atoms with Gasteiger partial charge in [0.25, 0.3) is 0 Å². The molecule has 0 aliphatic rings. The first kappa shape index (κ1) is 18.7. The van der Waals surface area contributed by atoms with E-state index in [2.05, 4.69) is 40.4 Å². The number of aliphatic carboxylic acids is 1. The number of carboxylic acid groups (broad SMARTS) is 1. The molecule has 122 valence electrons. The van der Waals surface area contributed by atoms with Gasteiger partial charge in [0.1, 0.15) is 0 Å². The van der Waals surface area contributed by atoms with Gasteiger partial charge >= 0.3 is 5.97 Å². The van der Waals surface area contributed by atoms with Crippen LogP contribution in [-0.2, 0) is 9.22 Å². The Morgan fingerprint density at radius 3 is 2.14 bits per heavy atom. The first-order valence-electron chi connectivity index (χ1n) is 7.62. The maximum atomic E-state index is 11.5. The van der Waals surface area contributed by atoms with Crippen LogP contribution in [0.15, 0.2) is 30.8 Å². The molecule has 0 aliphatic carbocycles. The molecular weight excluding hydrogens is 292 g/mol. The molecule has 0 saturated carbocycles. The van der Waals surface area contributed by atoms with E-state index < -0.39 is 26.3 Å². The number of benzene rings is 1. The zero-order valence-corrected chi connectivity index (χ0v) is 15.5. The van der Waals surface area contributed by atoms with Gasteiger partial charge in [0.05, 0.1) is 12.0 Å². The fourth-order valence-electron chi connectivity index (χ4n) is 1.90. The largest absolute Gasteiger partial charge is 0.481 e. The maximum absolute atomic E-state index is 11.5. The predicted molar refractivity (Wildman–Crippen MR) is 94.4 cm³/mol. The van der Waals surface area contributed by atoms with Crippen molar-refractivity contribution in [1.82, 2.24) is 0 Å². The van der Waals surface area contributed by atoms with Gasteiger partial charge in [-0.1, -0.05) is 57.7 Å². The van der Waals surface area contributed by atoms with Crippen LogP contribution in [0.25, 0.3) is 6.08 Å². The van der Waals surface area contributed by atoms with E-state index in [1.54, 1.807) is 13.0 Å². The number of hydrogen-bond acceptors (Lipinski definition) is 2. The lowest BCUT2D eigenvalue weighted by Crippen LogP contribution is -2.43. The highest BCUT2D eigenvalue weighted by Crippen LogP contribution is 2.41. The molecule has 0 bridgehead atoms. The Morgan fingerprint density at radius 1 is 1.27 bits per heavy atom. The smallest absolute Gasteiger partial charge is 0.309 e. The summed E-state index contributed by atoms with van der Waals surface area (Å²) in [6.07, 6.45) is 1.34. The molecule has 0 heterocycles. The Bertz CT molecular complexity index is 526. The Labute approximate surface area is 135 Å². The summed E-state index contributed by atoms with van der Waals surface area (Å²) >= 11 is 0. The van der Waals surface area contributed by atoms with Crippen LogP contribution in [0.3, 0.4) is 0 Å². The van der Waals surface area contributed by atoms with Crippen molar-refractivity contribution < 1.29 is 14.3 Å². The highest BCUT2D eigenvalue weighted by atomic mass is 28.4. The molecular formula is C18H28O3Si. The Kier molecular flexibility index (Phi) is 5.76. The van der Waals surface area contributed by atoms with Gasteiger partial charge in [0.2, 0.25) is 0 Å². The normalized spacial score (nSPS) is 15.2. The molecule has 22 heavy (non-hydrogen) atoms. The van der Waals surface area contributed by atoms with Crippen molar-refractivity contribution in [2.45, 2.75) is 51.9 Å². The second kappa shape index (κ2) is 6.80. The summed E-state index contributed by atoms with van der Waals surface area (Å²) in [7, 11) is -2.06. The van der Waals surface area contributed by atoms with Crippen molar-refractivity contribution in [2.75, 3.05) is 0 Å². The number of carboxylic acids is 1. The van der Waals surface area contributed by atoms with Gasteiger partial charge in [0, 0.05) is 0 Å². The molecule has 0 unspecified atom stereocenters. The van der Waals surface area contributed by atoms with Gasteiger partial charge < -0.3 is 9.53 Å². The molecule has 0 saturated heterocycles. The summed E-state index contributed by atoms with van der Waals surface area (Å²) < 4.78 is 6.42. The van der Waals surface area contributed by atoms with Crippen LogP contribution < -0.4 is 0 Å². The van der Waals surface area contributed by atoms with E-state index in [1.165, 1.54) is 0 Å². The third kappa shape index (κ3) is 4.30. The van der Waals surface area contributed by atoms with Crippen LogP contribution in [-0.4, -0.2) is 19.4 Å². The summed E-state index contributed by atoms with van der Waals surface area (Å²) in [5, 5.41) is 9.47. The minimum atomic E-state index is -2.06. The summed E-state index contributed by atoms with van der Waals surface area (Å²) in [4.78, 5) is 11.5. The van der Waals surface area contributed by atoms with Gasteiger partial charge in [-0.15, -0.1) is 0 Å². The Balaban J connectivity index is 3.18. The molecule has 0 aliphatic heterocycles. The average Bonchev–Trinajstić information content (AvgIpc) is 2.43. The molecule has 1 aromatic carbocycles. The van der Waals surface area contributed by atoms with Crippen LogP contribution >= 0.6 is 0 Å². The van der Waals surface area contributed by atoms with Crippen LogP contribution in [0.5, 0.6) is 0 Å². The quantitative estimate of drug-likeness (QED) is 0.741. The monoisotopic (exact) mass is 320 g/mol. The van der Waals surface area contributed by atoms with Crippen LogP contribution in [0.2, 0.25) is 18.1 Å². The van der Waals surface area contributed by atoms with Crippen molar-refractivity contribution in [3.8, 4) is 0 Å². The van der Waals surface area contributed by atoms with Crippen molar-refractivity contribution in [3.05, 3.63) is 42.0 Å². The zero-order valence-electron chi connectivity index (χ0n) is 14.5. The minimum absolute atomic E-state index is 0.0323. The van der Waals surface area contributed by atoms with E-state index in [9.17, 15) is 9.90 Å². The van der Waals surface area contributed by atoms with Crippen molar-refractivity contribution >= 4 is 20.4 Å². The maximum Gasteiger partial charge on any atom is 0.309 e. The fourth-order valence-corrected chi connectivity index (χ4v) is 3.23. The molecule has 1 rings (SSSR count). The Morgan fingerprint density at radius 2 is 1.77 bits per heavy atom.